The Morgan fingerprint density at radius 3 is 1.04 bits per heavy atom. The van der Waals surface area contributed by atoms with Crippen molar-refractivity contribution in [2.24, 2.45) is 0 Å². The lowest BCUT2D eigenvalue weighted by Gasteiger charge is -2.09. The molecule has 0 radical (unpaired) electrons. The van der Waals surface area contributed by atoms with Gasteiger partial charge in [-0.25, -0.2) is 0 Å². The van der Waals surface area contributed by atoms with Crippen LogP contribution in [0.25, 0.3) is 0 Å². The molecule has 25 heavy (non-hydrogen) atoms. The van der Waals surface area contributed by atoms with Crippen molar-refractivity contribution in [3.8, 4) is 0 Å². The third-order valence-corrected chi connectivity index (χ3v) is 8.25. The highest BCUT2D eigenvalue weighted by atomic mass is 31.2. The molecule has 0 aliphatic heterocycles. The van der Waals surface area contributed by atoms with Crippen molar-refractivity contribution in [3.05, 3.63) is 0 Å². The molecule has 0 bridgehead atoms. The summed E-state index contributed by atoms with van der Waals surface area (Å²) in [6, 6.07) is 0. The summed E-state index contributed by atoms with van der Waals surface area (Å²) in [4.78, 5) is 0. The van der Waals surface area contributed by atoms with Crippen molar-refractivity contribution in [1.29, 1.82) is 0 Å². The predicted molar refractivity (Wildman–Crippen MR) is 118 cm³/mol. The molecule has 0 spiro atoms. The lowest BCUT2D eigenvalue weighted by molar-refractivity contribution is 0.526. The van der Waals surface area contributed by atoms with Crippen molar-refractivity contribution in [2.75, 3.05) is 19.0 Å². The molecule has 1 unspecified atom stereocenters. The van der Waals surface area contributed by atoms with E-state index in [9.17, 15) is 4.57 Å². The SMILES string of the molecule is CCCCCCCCCCCCCCCCCCCCP(C)(=O)CC. The summed E-state index contributed by atoms with van der Waals surface area (Å²) in [5, 5.41) is 0. The topological polar surface area (TPSA) is 17.1 Å². The summed E-state index contributed by atoms with van der Waals surface area (Å²) >= 11 is 0. The minimum Gasteiger partial charge on any atom is -0.324 e. The Labute approximate surface area is 160 Å². The van der Waals surface area contributed by atoms with Gasteiger partial charge in [0, 0.05) is 6.16 Å². The number of hydrogen-bond acceptors (Lipinski definition) is 1. The third-order valence-electron chi connectivity index (χ3n) is 5.65. The summed E-state index contributed by atoms with van der Waals surface area (Å²) in [5.74, 6) is 0. The summed E-state index contributed by atoms with van der Waals surface area (Å²) < 4.78 is 12.0. The highest BCUT2D eigenvalue weighted by Crippen LogP contribution is 2.41. The average molecular weight is 373 g/mol. The fourth-order valence-electron chi connectivity index (χ4n) is 3.51. The maximum absolute atomic E-state index is 12.0. The second kappa shape index (κ2) is 19.0. The number of rotatable bonds is 20. The fourth-order valence-corrected chi connectivity index (χ4v) is 4.71. The normalized spacial score (nSPS) is 13.9. The van der Waals surface area contributed by atoms with Gasteiger partial charge < -0.3 is 4.57 Å². The van der Waals surface area contributed by atoms with Gasteiger partial charge in [-0.15, -0.1) is 0 Å². The molecule has 0 amide bonds. The van der Waals surface area contributed by atoms with Crippen LogP contribution in [0.2, 0.25) is 0 Å². The smallest absolute Gasteiger partial charge is 0.0845 e. The lowest BCUT2D eigenvalue weighted by atomic mass is 10.0. The van der Waals surface area contributed by atoms with Gasteiger partial charge in [0.2, 0.25) is 0 Å². The molecule has 0 saturated heterocycles. The largest absolute Gasteiger partial charge is 0.324 e. The van der Waals surface area contributed by atoms with Crippen LogP contribution in [0, 0.1) is 0 Å². The predicted octanol–water partition coefficient (Wildman–Crippen LogP) is 9.04. The molecule has 0 aromatic rings. The molecule has 0 aromatic carbocycles. The van der Waals surface area contributed by atoms with Gasteiger partial charge >= 0.3 is 0 Å². The van der Waals surface area contributed by atoms with Gasteiger partial charge in [-0.05, 0) is 19.2 Å². The molecule has 1 nitrogen and oxygen atoms in total. The van der Waals surface area contributed by atoms with Gasteiger partial charge in [-0.1, -0.05) is 123 Å². The Morgan fingerprint density at radius 2 is 0.760 bits per heavy atom. The Hall–Kier alpha value is 0.230. The van der Waals surface area contributed by atoms with Crippen LogP contribution < -0.4 is 0 Å². The molecule has 1 atom stereocenters. The van der Waals surface area contributed by atoms with Gasteiger partial charge in [-0.3, -0.25) is 0 Å². The highest BCUT2D eigenvalue weighted by molar-refractivity contribution is 7.63. The van der Waals surface area contributed by atoms with E-state index in [0.717, 1.165) is 12.3 Å². The van der Waals surface area contributed by atoms with Crippen molar-refractivity contribution >= 4 is 7.14 Å². The molecule has 0 heterocycles. The van der Waals surface area contributed by atoms with Crippen LogP contribution in [0.1, 0.15) is 129 Å². The Kier molecular flexibility index (Phi) is 19.2. The zero-order valence-corrected chi connectivity index (χ0v) is 18.9. The van der Waals surface area contributed by atoms with Crippen LogP contribution in [0.5, 0.6) is 0 Å². The fraction of sp³-hybridized carbons (Fsp3) is 1.00. The quantitative estimate of drug-likeness (QED) is 0.154. The van der Waals surface area contributed by atoms with E-state index in [2.05, 4.69) is 13.8 Å². The van der Waals surface area contributed by atoms with Gasteiger partial charge in [0.15, 0.2) is 0 Å². The minimum atomic E-state index is -1.76. The van der Waals surface area contributed by atoms with E-state index < -0.39 is 7.14 Å². The molecule has 152 valence electrons. The summed E-state index contributed by atoms with van der Waals surface area (Å²) in [6.45, 7) is 6.33. The van der Waals surface area contributed by atoms with Gasteiger partial charge in [0.1, 0.15) is 0 Å². The first kappa shape index (κ1) is 25.2. The van der Waals surface area contributed by atoms with E-state index in [1.807, 2.05) is 6.66 Å². The highest BCUT2D eigenvalue weighted by Gasteiger charge is 2.10. The first-order chi connectivity index (χ1) is 12.1. The Balaban J connectivity index is 3.06. The van der Waals surface area contributed by atoms with Gasteiger partial charge in [0.25, 0.3) is 0 Å². The van der Waals surface area contributed by atoms with E-state index in [1.54, 1.807) is 0 Å². The molecular weight excluding hydrogens is 323 g/mol. The van der Waals surface area contributed by atoms with E-state index in [-0.39, 0.29) is 0 Å². The molecule has 0 aliphatic rings. The lowest BCUT2D eigenvalue weighted by Crippen LogP contribution is -1.91. The molecule has 2 heteroatoms. The second-order valence-corrected chi connectivity index (χ2v) is 12.0. The van der Waals surface area contributed by atoms with Crippen molar-refractivity contribution in [2.45, 2.75) is 129 Å². The summed E-state index contributed by atoms with van der Waals surface area (Å²) in [5.41, 5.74) is 0. The molecule has 0 saturated carbocycles. The third kappa shape index (κ3) is 20.4. The van der Waals surface area contributed by atoms with Crippen molar-refractivity contribution < 1.29 is 4.57 Å². The molecule has 0 rings (SSSR count). The van der Waals surface area contributed by atoms with E-state index in [4.69, 9.17) is 0 Å². The zero-order chi connectivity index (χ0) is 18.6. The van der Waals surface area contributed by atoms with E-state index in [1.165, 1.54) is 116 Å². The average Bonchev–Trinajstić information content (AvgIpc) is 2.60. The minimum absolute atomic E-state index is 0.881. The Bertz CT molecular complexity index is 300. The molecule has 0 fully saturated rings. The van der Waals surface area contributed by atoms with Crippen LogP contribution in [0.4, 0.5) is 0 Å². The van der Waals surface area contributed by atoms with Crippen LogP contribution in [-0.2, 0) is 4.57 Å². The maximum Gasteiger partial charge on any atom is 0.0845 e. The first-order valence-electron chi connectivity index (χ1n) is 11.7. The molecule has 0 N–H and O–H groups in total. The monoisotopic (exact) mass is 372 g/mol. The van der Waals surface area contributed by atoms with Crippen LogP contribution in [0.15, 0.2) is 0 Å². The van der Waals surface area contributed by atoms with Crippen molar-refractivity contribution in [1.82, 2.24) is 0 Å². The molecule has 0 aliphatic carbocycles. The number of unbranched alkanes of at least 4 members (excludes halogenated alkanes) is 17. The van der Waals surface area contributed by atoms with Crippen LogP contribution in [-0.4, -0.2) is 19.0 Å². The first-order valence-corrected chi connectivity index (χ1v) is 14.2. The number of hydrogen-bond donors (Lipinski definition) is 0. The van der Waals surface area contributed by atoms with E-state index in [0.29, 0.717) is 0 Å². The summed E-state index contributed by atoms with van der Waals surface area (Å²) in [7, 11) is -1.76. The van der Waals surface area contributed by atoms with Crippen LogP contribution in [0.3, 0.4) is 0 Å². The Morgan fingerprint density at radius 1 is 0.480 bits per heavy atom. The van der Waals surface area contributed by atoms with Crippen LogP contribution >= 0.6 is 7.14 Å². The zero-order valence-electron chi connectivity index (χ0n) is 18.0. The maximum atomic E-state index is 12.0. The molecular formula is C23H49OP. The van der Waals surface area contributed by atoms with Gasteiger partial charge in [-0.2, -0.15) is 0 Å². The standard InChI is InChI=1S/C23H49OP/c1-4-6-7-8-9-10-11-12-13-14-15-16-17-18-19-20-21-22-23-25(3,24)5-2/h4-23H2,1-3H3. The second-order valence-electron chi connectivity index (χ2n) is 8.35. The van der Waals surface area contributed by atoms with Crippen molar-refractivity contribution in [3.63, 3.8) is 0 Å². The summed E-state index contributed by atoms with van der Waals surface area (Å²) in [6.07, 6.45) is 27.3. The van der Waals surface area contributed by atoms with E-state index >= 15 is 0 Å². The molecule has 0 aromatic heterocycles. The van der Waals surface area contributed by atoms with Gasteiger partial charge in [0.05, 0.1) is 7.14 Å².